The summed E-state index contributed by atoms with van der Waals surface area (Å²) in [6, 6.07) is 27.2. The van der Waals surface area contributed by atoms with Gasteiger partial charge in [0.15, 0.2) is 5.79 Å². The molecule has 4 atom stereocenters. The van der Waals surface area contributed by atoms with Crippen molar-refractivity contribution in [3.8, 4) is 0 Å². The summed E-state index contributed by atoms with van der Waals surface area (Å²) >= 11 is 0. The highest BCUT2D eigenvalue weighted by Gasteiger charge is 2.57. The Morgan fingerprint density at radius 3 is 1.79 bits per heavy atom. The van der Waals surface area contributed by atoms with Gasteiger partial charge in [-0.05, 0) is 70.1 Å². The number of nitrogens with zero attached hydrogens (tertiary/aromatic N) is 4. The Morgan fingerprint density at radius 1 is 0.716 bits per heavy atom. The largest absolute Gasteiger partial charge is 0.361 e. The van der Waals surface area contributed by atoms with Gasteiger partial charge in [0.2, 0.25) is 20.0 Å². The molecule has 6 aromatic rings. The van der Waals surface area contributed by atoms with Gasteiger partial charge in [0.1, 0.15) is 18.9 Å². The fourth-order valence-electron chi connectivity index (χ4n) is 9.46. The van der Waals surface area contributed by atoms with E-state index in [1.165, 1.54) is 23.5 Å². The predicted molar refractivity (Wildman–Crippen MR) is 261 cm³/mol. The van der Waals surface area contributed by atoms with Crippen LogP contribution in [0, 0.1) is 13.8 Å². The molecule has 5 heterocycles. The topological polar surface area (TPSA) is 158 Å². The molecular formula is C50H57N5O9S2Si. The molecule has 0 aliphatic carbocycles. The zero-order valence-corrected chi connectivity index (χ0v) is 41.6. The smallest absolute Gasteiger partial charge is 0.261 e. The zero-order chi connectivity index (χ0) is 47.8. The molecular weight excluding hydrogens is 907 g/mol. The van der Waals surface area contributed by atoms with Crippen LogP contribution < -0.4 is 4.72 Å². The molecule has 0 saturated carbocycles. The summed E-state index contributed by atoms with van der Waals surface area (Å²) in [6.45, 7) is 14.7. The number of imide groups is 1. The number of ether oxygens (including phenoxy) is 3. The molecule has 0 radical (unpaired) electrons. The number of rotatable bonds is 14. The first-order valence-electron chi connectivity index (χ1n) is 22.5. The van der Waals surface area contributed by atoms with E-state index >= 15 is 8.42 Å². The lowest BCUT2D eigenvalue weighted by atomic mass is 9.94. The highest BCUT2D eigenvalue weighted by atomic mass is 32.2. The van der Waals surface area contributed by atoms with Crippen molar-refractivity contribution in [1.29, 1.82) is 0 Å². The number of carbonyl (C=O) groups is 2. The molecule has 67 heavy (non-hydrogen) atoms. The zero-order valence-electron chi connectivity index (χ0n) is 39.0. The van der Waals surface area contributed by atoms with Crippen LogP contribution in [0.15, 0.2) is 119 Å². The van der Waals surface area contributed by atoms with Gasteiger partial charge in [0.05, 0.1) is 38.5 Å². The number of benzene rings is 4. The first-order valence-corrected chi connectivity index (χ1v) is 29.1. The van der Waals surface area contributed by atoms with Crippen LogP contribution in [0.25, 0.3) is 33.0 Å². The predicted octanol–water partition coefficient (Wildman–Crippen LogP) is 7.37. The third-order valence-corrected chi connectivity index (χ3v) is 18.1. The van der Waals surface area contributed by atoms with Gasteiger partial charge in [-0.15, -0.1) is 0 Å². The van der Waals surface area contributed by atoms with Crippen LogP contribution in [-0.4, -0.2) is 105 Å². The van der Waals surface area contributed by atoms with Crippen molar-refractivity contribution in [3.05, 3.63) is 132 Å². The molecule has 3 aliphatic heterocycles. The fraction of sp³-hybridized carbons (Fsp3) is 0.360. The van der Waals surface area contributed by atoms with Crippen LogP contribution in [0.3, 0.4) is 0 Å². The Hall–Kier alpha value is -5.24. The van der Waals surface area contributed by atoms with E-state index < -0.39 is 70.0 Å². The van der Waals surface area contributed by atoms with Crippen molar-refractivity contribution in [2.24, 2.45) is 0 Å². The van der Waals surface area contributed by atoms with Gasteiger partial charge in [-0.2, -0.15) is 4.31 Å². The molecule has 4 aromatic carbocycles. The van der Waals surface area contributed by atoms with Crippen molar-refractivity contribution in [2.75, 3.05) is 20.2 Å². The summed E-state index contributed by atoms with van der Waals surface area (Å²) < 4.78 is 85.3. The van der Waals surface area contributed by atoms with E-state index in [4.69, 9.17) is 14.2 Å². The van der Waals surface area contributed by atoms with E-state index in [1.807, 2.05) is 83.9 Å². The van der Waals surface area contributed by atoms with E-state index in [0.717, 1.165) is 33.0 Å². The summed E-state index contributed by atoms with van der Waals surface area (Å²) in [4.78, 5) is 30.0. The molecule has 0 bridgehead atoms. The Kier molecular flexibility index (Phi) is 12.1. The quantitative estimate of drug-likeness (QED) is 0.0669. The number of hydrogen-bond acceptors (Lipinski definition) is 9. The highest BCUT2D eigenvalue weighted by Crippen LogP contribution is 2.44. The maximum absolute atomic E-state index is 15.0. The molecule has 9 rings (SSSR count). The number of hydrogen-bond donors (Lipinski definition) is 1. The Bertz CT molecular complexity index is 3170. The summed E-state index contributed by atoms with van der Waals surface area (Å²) in [6.07, 6.45) is 1.83. The number of carbonyl (C=O) groups excluding carboxylic acids is 2. The lowest BCUT2D eigenvalue weighted by Gasteiger charge is -2.44. The standard InChI is InChI=1S/C50H57N5O9S2Si/c1-32-17-21-34(22-18-32)65(58,59)51-40-29-55(66(60,61)35-23-19-33(2)20-24-35)43(47-46(40)63-50(3,4)64-47)30-53-27-38(36-13-9-11-15-41(36)53)44-45(49(57)52(5)48(44)56)39-28-54(31-62-25-26-67(6,7)8)42-16-12-10-14-37(39)42/h9-24,27-28,40,43,46-47,51H,25-26,29-31H2,1-8H3/t40-,43-,46+,47+/m0/s1. The first kappa shape index (κ1) is 46.8. The van der Waals surface area contributed by atoms with Crippen LogP contribution in [0.4, 0.5) is 0 Å². The van der Waals surface area contributed by atoms with Crippen molar-refractivity contribution >= 4 is 72.9 Å². The molecule has 17 heteroatoms. The molecule has 2 fully saturated rings. The Labute approximate surface area is 393 Å². The SMILES string of the molecule is Cc1ccc(S(=O)(=O)N[C@H]2CN(S(=O)(=O)c3ccc(C)cc3)[C@@H](Cn3cc(C4=C(c5cn(COCC[Si](C)(C)C)c6ccccc56)C(=O)N(C)C4=O)c4ccccc43)[C@H]3OC(C)(C)O[C@@H]32)cc1. The van der Waals surface area contributed by atoms with E-state index in [2.05, 4.69) is 24.4 Å². The lowest BCUT2D eigenvalue weighted by molar-refractivity contribution is -0.148. The average Bonchev–Trinajstić information content (AvgIpc) is 3.99. The van der Waals surface area contributed by atoms with Crippen molar-refractivity contribution in [2.45, 2.75) is 107 Å². The second-order valence-corrected chi connectivity index (χ2v) is 28.8. The molecule has 2 amide bonds. The number of aryl methyl sites for hydroxylation is 2. The number of sulfonamides is 2. The summed E-state index contributed by atoms with van der Waals surface area (Å²) in [5.74, 6) is -2.12. The van der Waals surface area contributed by atoms with E-state index in [-0.39, 0.29) is 40.8 Å². The van der Waals surface area contributed by atoms with Gasteiger partial charge in [0.25, 0.3) is 11.8 Å². The van der Waals surface area contributed by atoms with Crippen molar-refractivity contribution in [1.82, 2.24) is 23.1 Å². The Balaban J connectivity index is 1.16. The third-order valence-electron chi connectivity index (χ3n) is 13.0. The van der Waals surface area contributed by atoms with E-state index in [1.54, 1.807) is 50.2 Å². The summed E-state index contributed by atoms with van der Waals surface area (Å²) in [7, 11) is -8.34. The lowest BCUT2D eigenvalue weighted by Crippen LogP contribution is -2.66. The summed E-state index contributed by atoms with van der Waals surface area (Å²) in [5, 5.41) is 1.47. The number of nitrogens with one attached hydrogen (secondary N) is 1. The molecule has 14 nitrogen and oxygen atoms in total. The maximum atomic E-state index is 15.0. The monoisotopic (exact) mass is 963 g/mol. The van der Waals surface area contributed by atoms with Crippen LogP contribution in [0.2, 0.25) is 25.7 Å². The van der Waals surface area contributed by atoms with Crippen molar-refractivity contribution in [3.63, 3.8) is 0 Å². The number of aromatic nitrogens is 2. The number of piperidine rings is 1. The minimum Gasteiger partial charge on any atom is -0.361 e. The molecule has 1 N–H and O–H groups in total. The number of fused-ring (bicyclic) bond motifs is 3. The Morgan fingerprint density at radius 2 is 1.22 bits per heavy atom. The second kappa shape index (κ2) is 17.4. The molecule has 2 aromatic heterocycles. The van der Waals surface area contributed by atoms with Gasteiger partial charge in [-0.25, -0.2) is 21.6 Å². The van der Waals surface area contributed by atoms with Gasteiger partial charge >= 0.3 is 0 Å². The minimum absolute atomic E-state index is 0.0122. The number of likely N-dealkylation sites (N-methyl/N-ethyl adjacent to an activating group) is 1. The first-order chi connectivity index (χ1) is 31.6. The normalized spacial score (nSPS) is 21.6. The molecule has 3 aliphatic rings. The highest BCUT2D eigenvalue weighted by molar-refractivity contribution is 7.89. The van der Waals surface area contributed by atoms with Gasteiger partial charge in [-0.1, -0.05) is 91.4 Å². The van der Waals surface area contributed by atoms with Crippen molar-refractivity contribution < 1.29 is 40.6 Å². The number of amides is 2. The maximum Gasteiger partial charge on any atom is 0.261 e. The summed E-state index contributed by atoms with van der Waals surface area (Å²) in [5.41, 5.74) is 4.88. The fourth-order valence-corrected chi connectivity index (χ4v) is 13.1. The number of para-hydroxylation sites is 2. The molecule has 352 valence electrons. The average molecular weight is 964 g/mol. The molecule has 2 saturated heterocycles. The molecule has 0 spiro atoms. The molecule has 0 unspecified atom stereocenters. The van der Waals surface area contributed by atoms with Gasteiger partial charge in [-0.3, -0.25) is 14.5 Å². The van der Waals surface area contributed by atoms with Crippen LogP contribution in [0.1, 0.15) is 36.1 Å². The van der Waals surface area contributed by atoms with Gasteiger partial charge < -0.3 is 23.3 Å². The third kappa shape index (κ3) is 8.87. The minimum atomic E-state index is -4.32. The van der Waals surface area contributed by atoms with Crippen LogP contribution in [-0.2, 0) is 57.1 Å². The van der Waals surface area contributed by atoms with E-state index in [9.17, 15) is 18.0 Å². The second-order valence-electron chi connectivity index (χ2n) is 19.6. The van der Waals surface area contributed by atoms with Crippen LogP contribution in [0.5, 0.6) is 0 Å². The van der Waals surface area contributed by atoms with E-state index in [0.29, 0.717) is 28.6 Å². The van der Waals surface area contributed by atoms with Crippen LogP contribution >= 0.6 is 0 Å². The van der Waals surface area contributed by atoms with Gasteiger partial charge in [0, 0.05) is 74.6 Å².